The van der Waals surface area contributed by atoms with Crippen molar-refractivity contribution in [3.8, 4) is 0 Å². The van der Waals surface area contributed by atoms with Crippen LogP contribution < -0.4 is 5.32 Å². The van der Waals surface area contributed by atoms with Gasteiger partial charge in [0, 0.05) is 25.4 Å². The van der Waals surface area contributed by atoms with Gasteiger partial charge < -0.3 is 5.32 Å². The molecule has 0 atom stereocenters. The molecule has 1 heterocycles. The maximum absolute atomic E-state index is 11.9. The van der Waals surface area contributed by atoms with Crippen LogP contribution in [0.5, 0.6) is 0 Å². The molecule has 0 aliphatic carbocycles. The smallest absolute Gasteiger partial charge is 0.310 e. The van der Waals surface area contributed by atoms with Crippen LogP contribution in [0.15, 0.2) is 0 Å². The van der Waals surface area contributed by atoms with E-state index in [2.05, 4.69) is 10.4 Å². The first kappa shape index (κ1) is 16.7. The van der Waals surface area contributed by atoms with E-state index in [9.17, 15) is 13.2 Å². The van der Waals surface area contributed by atoms with Crippen LogP contribution in [0.25, 0.3) is 0 Å². The molecular weight excluding hydrogens is 299 g/mol. The predicted octanol–water partition coefficient (Wildman–Crippen LogP) is 3.46. The lowest BCUT2D eigenvalue weighted by Crippen LogP contribution is -2.20. The van der Waals surface area contributed by atoms with Crippen molar-refractivity contribution in [1.82, 2.24) is 15.1 Å². The minimum atomic E-state index is -4.17. The van der Waals surface area contributed by atoms with Gasteiger partial charge >= 0.3 is 5.51 Å². The average Bonchev–Trinajstić information content (AvgIpc) is 2.64. The molecule has 0 aromatic carbocycles. The summed E-state index contributed by atoms with van der Waals surface area (Å²) in [6.45, 7) is 5.31. The zero-order valence-electron chi connectivity index (χ0n) is 10.9. The van der Waals surface area contributed by atoms with Crippen LogP contribution in [0.4, 0.5) is 13.2 Å². The van der Waals surface area contributed by atoms with Crippen molar-refractivity contribution < 1.29 is 13.2 Å². The van der Waals surface area contributed by atoms with E-state index in [0.29, 0.717) is 18.1 Å². The Balaban J connectivity index is 2.47. The van der Waals surface area contributed by atoms with Crippen molar-refractivity contribution in [3.05, 3.63) is 16.4 Å². The summed E-state index contributed by atoms with van der Waals surface area (Å²) >= 11 is 6.16. The van der Waals surface area contributed by atoms with Crippen molar-refractivity contribution in [2.24, 2.45) is 0 Å². The zero-order valence-corrected chi connectivity index (χ0v) is 12.4. The first-order chi connectivity index (χ1) is 8.89. The second kappa shape index (κ2) is 7.40. The van der Waals surface area contributed by atoms with Gasteiger partial charge in [-0.1, -0.05) is 18.5 Å². The molecule has 1 rings (SSSR count). The number of nitrogens with zero attached hydrogens (tertiary/aromatic N) is 2. The molecule has 0 unspecified atom stereocenters. The fraction of sp³-hybridized carbons (Fsp3) is 0.727. The largest absolute Gasteiger partial charge is 0.441 e. The number of aryl methyl sites for hydroxylation is 2. The highest BCUT2D eigenvalue weighted by Gasteiger charge is 2.27. The van der Waals surface area contributed by atoms with Crippen LogP contribution in [-0.4, -0.2) is 27.6 Å². The van der Waals surface area contributed by atoms with E-state index in [4.69, 9.17) is 11.6 Å². The third kappa shape index (κ3) is 5.24. The summed E-state index contributed by atoms with van der Waals surface area (Å²) in [5, 5.41) is 7.92. The minimum absolute atomic E-state index is 0.0119. The molecular formula is C11H17ClF3N3S. The van der Waals surface area contributed by atoms with Gasteiger partial charge in [0.25, 0.3) is 0 Å². The van der Waals surface area contributed by atoms with Crippen molar-refractivity contribution in [3.63, 3.8) is 0 Å². The fourth-order valence-corrected chi connectivity index (χ4v) is 2.45. The van der Waals surface area contributed by atoms with Crippen LogP contribution in [-0.2, 0) is 19.5 Å². The quantitative estimate of drug-likeness (QED) is 0.782. The fourth-order valence-electron chi connectivity index (χ4n) is 1.63. The van der Waals surface area contributed by atoms with Gasteiger partial charge in [-0.15, -0.1) is 0 Å². The summed E-state index contributed by atoms with van der Waals surface area (Å²) in [6.07, 6.45) is 0.739. The molecule has 8 heteroatoms. The zero-order chi connectivity index (χ0) is 14.5. The molecule has 1 aromatic rings. The summed E-state index contributed by atoms with van der Waals surface area (Å²) < 4.78 is 37.6. The van der Waals surface area contributed by atoms with E-state index in [1.54, 1.807) is 4.68 Å². The number of aromatic nitrogens is 2. The summed E-state index contributed by atoms with van der Waals surface area (Å²) in [5.41, 5.74) is -2.51. The number of rotatable bonds is 7. The van der Waals surface area contributed by atoms with Crippen LogP contribution in [0, 0.1) is 0 Å². The summed E-state index contributed by atoms with van der Waals surface area (Å²) in [6, 6.07) is 0. The molecule has 0 fully saturated rings. The Morgan fingerprint density at radius 3 is 2.58 bits per heavy atom. The second-order valence-electron chi connectivity index (χ2n) is 3.85. The SMILES string of the molecule is CCc1nn(CC)c(CNCCSC(F)(F)F)c1Cl. The van der Waals surface area contributed by atoms with E-state index in [1.807, 2.05) is 13.8 Å². The predicted molar refractivity (Wildman–Crippen MR) is 72.5 cm³/mol. The highest BCUT2D eigenvalue weighted by Crippen LogP contribution is 2.29. The van der Waals surface area contributed by atoms with E-state index in [1.165, 1.54) is 0 Å². The van der Waals surface area contributed by atoms with Crippen LogP contribution in [0.2, 0.25) is 5.02 Å². The number of halogens is 4. The minimum Gasteiger partial charge on any atom is -0.310 e. The molecule has 19 heavy (non-hydrogen) atoms. The highest BCUT2D eigenvalue weighted by atomic mass is 35.5. The van der Waals surface area contributed by atoms with Crippen LogP contribution in [0.3, 0.4) is 0 Å². The molecule has 0 spiro atoms. The van der Waals surface area contributed by atoms with E-state index >= 15 is 0 Å². The van der Waals surface area contributed by atoms with Crippen molar-refractivity contribution in [2.45, 2.75) is 38.9 Å². The Labute approximate surface area is 119 Å². The molecule has 0 aliphatic rings. The normalized spacial score (nSPS) is 12.1. The number of thioether (sulfide) groups is 1. The number of alkyl halides is 3. The first-order valence-corrected chi connectivity index (χ1v) is 7.40. The van der Waals surface area contributed by atoms with Crippen LogP contribution in [0.1, 0.15) is 25.2 Å². The molecule has 110 valence electrons. The van der Waals surface area contributed by atoms with Gasteiger partial charge in [0.1, 0.15) is 0 Å². The molecule has 0 amide bonds. The molecule has 0 radical (unpaired) electrons. The van der Waals surface area contributed by atoms with E-state index < -0.39 is 5.51 Å². The lowest BCUT2D eigenvalue weighted by Gasteiger charge is -2.08. The van der Waals surface area contributed by atoms with Crippen molar-refractivity contribution in [2.75, 3.05) is 12.3 Å². The number of hydrogen-bond acceptors (Lipinski definition) is 3. The van der Waals surface area contributed by atoms with Gasteiger partial charge in [-0.2, -0.15) is 18.3 Å². The monoisotopic (exact) mass is 315 g/mol. The molecule has 0 aliphatic heterocycles. The second-order valence-corrected chi connectivity index (χ2v) is 5.39. The Morgan fingerprint density at radius 2 is 2.05 bits per heavy atom. The average molecular weight is 316 g/mol. The van der Waals surface area contributed by atoms with Gasteiger partial charge in [-0.25, -0.2) is 0 Å². The Kier molecular flexibility index (Phi) is 6.49. The van der Waals surface area contributed by atoms with Crippen molar-refractivity contribution in [1.29, 1.82) is 0 Å². The molecule has 1 aromatic heterocycles. The first-order valence-electron chi connectivity index (χ1n) is 6.04. The highest BCUT2D eigenvalue weighted by molar-refractivity contribution is 8.00. The summed E-state index contributed by atoms with van der Waals surface area (Å²) in [5.74, 6) is -0.0119. The van der Waals surface area contributed by atoms with Gasteiger partial charge in [0.2, 0.25) is 0 Å². The Bertz CT molecular complexity index is 407. The van der Waals surface area contributed by atoms with Gasteiger partial charge in [0.15, 0.2) is 0 Å². The lowest BCUT2D eigenvalue weighted by molar-refractivity contribution is -0.0327. The number of nitrogens with one attached hydrogen (secondary N) is 1. The molecule has 1 N–H and O–H groups in total. The van der Waals surface area contributed by atoms with E-state index in [0.717, 1.165) is 17.8 Å². The molecule has 3 nitrogen and oxygen atoms in total. The third-order valence-corrected chi connectivity index (χ3v) is 3.70. The van der Waals surface area contributed by atoms with Crippen molar-refractivity contribution >= 4 is 23.4 Å². The Morgan fingerprint density at radius 1 is 1.37 bits per heavy atom. The van der Waals surface area contributed by atoms with Gasteiger partial charge in [0.05, 0.1) is 16.4 Å². The van der Waals surface area contributed by atoms with Gasteiger partial charge in [-0.05, 0) is 25.1 Å². The summed E-state index contributed by atoms with van der Waals surface area (Å²) in [4.78, 5) is 0. The Hall–Kier alpha value is -0.400. The van der Waals surface area contributed by atoms with E-state index in [-0.39, 0.29) is 24.1 Å². The van der Waals surface area contributed by atoms with Gasteiger partial charge in [-0.3, -0.25) is 4.68 Å². The third-order valence-electron chi connectivity index (χ3n) is 2.53. The molecule has 0 bridgehead atoms. The number of hydrogen-bond donors (Lipinski definition) is 1. The lowest BCUT2D eigenvalue weighted by atomic mass is 10.3. The summed E-state index contributed by atoms with van der Waals surface area (Å²) in [7, 11) is 0. The molecule has 0 saturated carbocycles. The maximum Gasteiger partial charge on any atom is 0.441 e. The standard InChI is InChI=1S/C11H17ClF3N3S/c1-3-8-10(12)9(18(4-2)17-8)7-16-5-6-19-11(13,14)15/h16H,3-7H2,1-2H3. The molecule has 0 saturated heterocycles. The maximum atomic E-state index is 11.9. The topological polar surface area (TPSA) is 29.9 Å². The van der Waals surface area contributed by atoms with Crippen LogP contribution >= 0.6 is 23.4 Å².